The quantitative estimate of drug-likeness (QED) is 0.235. The van der Waals surface area contributed by atoms with Gasteiger partial charge in [0.25, 0.3) is 23.3 Å². The van der Waals surface area contributed by atoms with E-state index in [1.165, 1.54) is 20.4 Å². The Morgan fingerprint density at radius 2 is 1.79 bits per heavy atom. The van der Waals surface area contributed by atoms with Crippen LogP contribution in [0.1, 0.15) is 44.0 Å². The van der Waals surface area contributed by atoms with Crippen molar-refractivity contribution in [3.8, 4) is 22.6 Å². The number of hydrogen-bond acceptors (Lipinski definition) is 10. The number of thiophene rings is 1. The van der Waals surface area contributed by atoms with Crippen LogP contribution in [0, 0.1) is 0 Å². The van der Waals surface area contributed by atoms with E-state index in [2.05, 4.69) is 10.6 Å². The number of alkyl halides is 2. The molecule has 0 spiro atoms. The highest BCUT2D eigenvalue weighted by Crippen LogP contribution is 2.40. The molecular weight excluding hydrogens is 711 g/mol. The number of piperidine rings is 1. The van der Waals surface area contributed by atoms with Gasteiger partial charge in [0, 0.05) is 54.4 Å². The number of nitrogens with one attached hydrogen (secondary N) is 2. The average Bonchev–Trinajstić information content (AvgIpc) is 3.79. The fraction of sp³-hybridized carbons (Fsp3) is 0.405. The van der Waals surface area contributed by atoms with Gasteiger partial charge in [-0.3, -0.25) is 19.2 Å². The van der Waals surface area contributed by atoms with Crippen LogP contribution in [-0.4, -0.2) is 103 Å². The Labute approximate surface area is 307 Å². The van der Waals surface area contributed by atoms with Gasteiger partial charge < -0.3 is 44.5 Å². The third-order valence-electron chi connectivity index (χ3n) is 10.1. The van der Waals surface area contributed by atoms with E-state index < -0.39 is 42.6 Å². The monoisotopic (exact) mass is 750 g/mol. The molecule has 280 valence electrons. The number of rotatable bonds is 9. The van der Waals surface area contributed by atoms with Crippen molar-refractivity contribution in [2.75, 3.05) is 46.3 Å². The molecule has 3 unspecified atom stereocenters. The number of nitrogens with zero attached hydrogens (tertiary/aromatic N) is 4. The van der Waals surface area contributed by atoms with Crippen LogP contribution in [0.4, 0.5) is 14.5 Å². The Balaban J connectivity index is 1.13. The van der Waals surface area contributed by atoms with Crippen molar-refractivity contribution in [3.05, 3.63) is 74.5 Å². The number of anilines is 1. The first kappa shape index (κ1) is 36.3. The van der Waals surface area contributed by atoms with Crippen LogP contribution < -0.4 is 30.6 Å². The Bertz CT molecular complexity index is 2180. The third kappa shape index (κ3) is 6.59. The lowest BCUT2D eigenvalue weighted by Crippen LogP contribution is -2.54. The highest BCUT2D eigenvalue weighted by Gasteiger charge is 2.49. The van der Waals surface area contributed by atoms with Crippen molar-refractivity contribution < 1.29 is 37.7 Å². The van der Waals surface area contributed by atoms with Crippen molar-refractivity contribution in [3.63, 3.8) is 0 Å². The summed E-state index contributed by atoms with van der Waals surface area (Å²) in [5.41, 5.74) is 3.20. The molecule has 2 aromatic carbocycles. The summed E-state index contributed by atoms with van der Waals surface area (Å²) in [5, 5.41) is 15.0. The molecule has 3 aliphatic rings. The summed E-state index contributed by atoms with van der Waals surface area (Å²) < 4.78 is 44.4. The van der Waals surface area contributed by atoms with Gasteiger partial charge in [-0.25, -0.2) is 8.78 Å². The van der Waals surface area contributed by atoms with E-state index in [0.29, 0.717) is 63.5 Å². The van der Waals surface area contributed by atoms with Crippen molar-refractivity contribution in [1.29, 1.82) is 0 Å². The number of methoxy groups -OCH3 is 2. The first-order chi connectivity index (χ1) is 25.2. The van der Waals surface area contributed by atoms with E-state index in [1.54, 1.807) is 45.7 Å². The van der Waals surface area contributed by atoms with Crippen LogP contribution in [0.3, 0.4) is 0 Å². The molecule has 3 amide bonds. The summed E-state index contributed by atoms with van der Waals surface area (Å²) in [6.45, 7) is -0.171. The predicted molar refractivity (Wildman–Crippen MR) is 195 cm³/mol. The molecule has 3 atom stereocenters. The summed E-state index contributed by atoms with van der Waals surface area (Å²) in [6.07, 6.45) is 1.33. The molecule has 0 aliphatic carbocycles. The maximum absolute atomic E-state index is 15.5. The summed E-state index contributed by atoms with van der Waals surface area (Å²) in [7, 11) is 8.58. The van der Waals surface area contributed by atoms with Gasteiger partial charge in [-0.2, -0.15) is 0 Å². The minimum Gasteiger partial charge on any atom is -0.496 e. The number of ether oxygens (including phenoxy) is 2. The van der Waals surface area contributed by atoms with E-state index in [-0.39, 0.29) is 34.8 Å². The molecule has 3 aliphatic heterocycles. The molecule has 0 bridgehead atoms. The van der Waals surface area contributed by atoms with E-state index in [1.807, 2.05) is 31.1 Å². The minimum atomic E-state index is -3.31. The molecule has 2 aromatic heterocycles. The average molecular weight is 751 g/mol. The standard InChI is InChI=1S/C37H40F2N6O7S/c1-42(2)15-25-27(51-4)10-20(11-28(25)52-5)24-16-43(3)35(49)23-13-29(53-32(23)24)34(48)40-30-17-44(18-37(30,38)39)21-7-6-19-14-45(36(50)22(19)12-21)26-8-9-31(46)41-33(26)47/h6-7,10-13,16,26,30-31,46H,8-9,14-15,17-18H2,1-5H3,(H,40,48)(H,41,47). The van der Waals surface area contributed by atoms with E-state index >= 15 is 8.78 Å². The van der Waals surface area contributed by atoms with Crippen molar-refractivity contribution in [1.82, 2.24) is 25.0 Å². The Hall–Kier alpha value is -5.06. The Morgan fingerprint density at radius 3 is 2.45 bits per heavy atom. The van der Waals surface area contributed by atoms with Crippen LogP contribution in [0.15, 0.2) is 47.4 Å². The summed E-state index contributed by atoms with van der Waals surface area (Å²) >= 11 is 1.04. The van der Waals surface area contributed by atoms with Crippen LogP contribution in [0.5, 0.6) is 11.5 Å². The molecule has 13 nitrogen and oxygen atoms in total. The van der Waals surface area contributed by atoms with Crippen LogP contribution in [0.2, 0.25) is 0 Å². The highest BCUT2D eigenvalue weighted by molar-refractivity contribution is 7.21. The maximum Gasteiger partial charge on any atom is 0.286 e. The second-order valence-electron chi connectivity index (χ2n) is 14.0. The molecule has 0 saturated carbocycles. The number of aryl methyl sites for hydroxylation is 1. The minimum absolute atomic E-state index is 0.101. The lowest BCUT2D eigenvalue weighted by molar-refractivity contribution is -0.132. The largest absolute Gasteiger partial charge is 0.496 e. The fourth-order valence-corrected chi connectivity index (χ4v) is 8.46. The van der Waals surface area contributed by atoms with Gasteiger partial charge in [-0.1, -0.05) is 6.07 Å². The Morgan fingerprint density at radius 1 is 1.08 bits per heavy atom. The van der Waals surface area contributed by atoms with Crippen LogP contribution >= 0.6 is 11.3 Å². The van der Waals surface area contributed by atoms with Gasteiger partial charge in [0.15, 0.2) is 0 Å². The topological polar surface area (TPSA) is 146 Å². The number of aliphatic hydroxyl groups is 1. The normalized spacial score (nSPS) is 21.0. The Kier molecular flexibility index (Phi) is 9.41. The molecule has 2 saturated heterocycles. The van der Waals surface area contributed by atoms with Crippen molar-refractivity contribution >= 4 is 44.8 Å². The van der Waals surface area contributed by atoms with Gasteiger partial charge in [0.05, 0.1) is 36.6 Å². The van der Waals surface area contributed by atoms with Gasteiger partial charge >= 0.3 is 0 Å². The molecule has 16 heteroatoms. The predicted octanol–water partition coefficient (Wildman–Crippen LogP) is 3.15. The summed E-state index contributed by atoms with van der Waals surface area (Å²) in [4.78, 5) is 57.7. The third-order valence-corrected chi connectivity index (χ3v) is 11.2. The van der Waals surface area contributed by atoms with Crippen LogP contribution in [0.25, 0.3) is 21.2 Å². The van der Waals surface area contributed by atoms with Gasteiger partial charge in [0.1, 0.15) is 29.8 Å². The number of halogens is 2. The molecule has 2 fully saturated rings. The highest BCUT2D eigenvalue weighted by atomic mass is 32.1. The summed E-state index contributed by atoms with van der Waals surface area (Å²) in [6, 6.07) is 7.73. The van der Waals surface area contributed by atoms with E-state index in [4.69, 9.17) is 9.47 Å². The molecule has 7 rings (SSSR count). The zero-order valence-electron chi connectivity index (χ0n) is 29.9. The number of amides is 3. The first-order valence-corrected chi connectivity index (χ1v) is 17.9. The maximum atomic E-state index is 15.5. The van der Waals surface area contributed by atoms with E-state index in [9.17, 15) is 24.3 Å². The van der Waals surface area contributed by atoms with Gasteiger partial charge in [-0.05, 0) is 68.4 Å². The van der Waals surface area contributed by atoms with Crippen LogP contribution in [-0.2, 0) is 24.9 Å². The lowest BCUT2D eigenvalue weighted by atomic mass is 10.0. The SMILES string of the molecule is COc1cc(-c2cn(C)c(=O)c3cc(C(=O)NC4CN(c5ccc6c(c5)C(=O)N(C5CCC(O)NC5=O)C6)CC4(F)F)sc23)cc(OC)c1CN(C)C. The molecule has 0 radical (unpaired) electrons. The number of aliphatic hydroxyl groups excluding tert-OH is 1. The molecule has 5 heterocycles. The number of carbonyl (C=O) groups excluding carboxylic acids is 3. The fourth-order valence-electron chi connectivity index (χ4n) is 7.38. The lowest BCUT2D eigenvalue weighted by Gasteiger charge is -2.32. The number of benzene rings is 2. The zero-order chi connectivity index (χ0) is 37.9. The molecule has 4 aromatic rings. The van der Waals surface area contributed by atoms with Gasteiger partial charge in [-0.15, -0.1) is 11.3 Å². The van der Waals surface area contributed by atoms with E-state index in [0.717, 1.165) is 16.9 Å². The number of aromatic nitrogens is 1. The summed E-state index contributed by atoms with van der Waals surface area (Å²) in [5.74, 6) is -3.71. The first-order valence-electron chi connectivity index (χ1n) is 17.1. The van der Waals surface area contributed by atoms with Crippen molar-refractivity contribution in [2.24, 2.45) is 7.05 Å². The molecule has 53 heavy (non-hydrogen) atoms. The smallest absolute Gasteiger partial charge is 0.286 e. The number of hydrogen-bond donors (Lipinski definition) is 3. The number of pyridine rings is 1. The number of fused-ring (bicyclic) bond motifs is 2. The number of carbonyl (C=O) groups is 3. The second kappa shape index (κ2) is 13.7. The molecule has 3 N–H and O–H groups in total. The van der Waals surface area contributed by atoms with Crippen molar-refractivity contribution in [2.45, 2.75) is 50.2 Å². The molecular formula is C37H40F2N6O7S. The zero-order valence-corrected chi connectivity index (χ0v) is 30.7. The van der Waals surface area contributed by atoms with Gasteiger partial charge in [0.2, 0.25) is 5.91 Å². The second-order valence-corrected chi connectivity index (χ2v) is 15.0.